The van der Waals surface area contributed by atoms with Gasteiger partial charge in [-0.1, -0.05) is 12.1 Å². The Morgan fingerprint density at radius 1 is 1.21 bits per heavy atom. The maximum absolute atomic E-state index is 12.0. The highest BCUT2D eigenvalue weighted by molar-refractivity contribution is 5.87. The lowest BCUT2D eigenvalue weighted by molar-refractivity contribution is -0.290. The van der Waals surface area contributed by atoms with Crippen molar-refractivity contribution >= 4 is 5.97 Å². The van der Waals surface area contributed by atoms with E-state index in [1.54, 1.807) is 19.1 Å². The van der Waals surface area contributed by atoms with Crippen molar-refractivity contribution in [2.75, 3.05) is 6.61 Å². The second-order valence-electron chi connectivity index (χ2n) is 6.58. The van der Waals surface area contributed by atoms with Gasteiger partial charge >= 0.3 is 5.97 Å². The zero-order valence-corrected chi connectivity index (χ0v) is 16.1. The van der Waals surface area contributed by atoms with Gasteiger partial charge < -0.3 is 39.7 Å². The van der Waals surface area contributed by atoms with Gasteiger partial charge in [-0.3, -0.25) is 0 Å². The SMILES string of the molecule is C/C=C(/C)C(=O)O[C@@H]1[C@@H](O)[C@H](O/C=C\Cc2ccc(O)c(O)c2)O[C@H](CO)[C@H]1O. The minimum absolute atomic E-state index is 0.227. The first kappa shape index (κ1) is 22.7. The van der Waals surface area contributed by atoms with Crippen molar-refractivity contribution in [1.82, 2.24) is 0 Å². The van der Waals surface area contributed by atoms with E-state index in [-0.39, 0.29) is 11.5 Å². The van der Waals surface area contributed by atoms with Crippen LogP contribution < -0.4 is 0 Å². The Bertz CT molecular complexity index is 758. The number of hydrogen-bond donors (Lipinski definition) is 5. The first-order chi connectivity index (χ1) is 13.8. The lowest BCUT2D eigenvalue weighted by atomic mass is 9.99. The molecule has 2 rings (SSSR count). The molecule has 5 atom stereocenters. The Morgan fingerprint density at radius 3 is 2.55 bits per heavy atom. The summed E-state index contributed by atoms with van der Waals surface area (Å²) < 4.78 is 15.9. The summed E-state index contributed by atoms with van der Waals surface area (Å²) in [5.41, 5.74) is 0.994. The molecular weight excluding hydrogens is 384 g/mol. The number of carbonyl (C=O) groups is 1. The minimum atomic E-state index is -1.50. The number of ether oxygens (including phenoxy) is 3. The molecule has 1 aromatic rings. The van der Waals surface area contributed by atoms with Crippen molar-refractivity contribution < 1.29 is 44.5 Å². The zero-order valence-electron chi connectivity index (χ0n) is 16.1. The third-order valence-corrected chi connectivity index (χ3v) is 4.52. The highest BCUT2D eigenvalue weighted by Crippen LogP contribution is 2.26. The fourth-order valence-corrected chi connectivity index (χ4v) is 2.65. The molecule has 0 bridgehead atoms. The molecule has 9 heteroatoms. The third kappa shape index (κ3) is 5.70. The van der Waals surface area contributed by atoms with Gasteiger partial charge in [-0.25, -0.2) is 4.79 Å². The number of hydrogen-bond acceptors (Lipinski definition) is 9. The van der Waals surface area contributed by atoms with Gasteiger partial charge in [-0.15, -0.1) is 0 Å². The smallest absolute Gasteiger partial charge is 0.333 e. The number of aromatic hydroxyl groups is 2. The van der Waals surface area contributed by atoms with Crippen molar-refractivity contribution in [3.63, 3.8) is 0 Å². The summed E-state index contributed by atoms with van der Waals surface area (Å²) in [6, 6.07) is 4.36. The molecule has 1 aliphatic heterocycles. The van der Waals surface area contributed by atoms with Crippen LogP contribution in [0, 0.1) is 0 Å². The average Bonchev–Trinajstić information content (AvgIpc) is 2.71. The Hall–Kier alpha value is -2.59. The highest BCUT2D eigenvalue weighted by atomic mass is 16.7. The summed E-state index contributed by atoms with van der Waals surface area (Å²) in [6.07, 6.45) is -1.99. The van der Waals surface area contributed by atoms with Crippen molar-refractivity contribution in [2.24, 2.45) is 0 Å². The van der Waals surface area contributed by atoms with Crippen LogP contribution >= 0.6 is 0 Å². The third-order valence-electron chi connectivity index (χ3n) is 4.52. The molecule has 1 aromatic carbocycles. The minimum Gasteiger partial charge on any atom is -0.504 e. The summed E-state index contributed by atoms with van der Waals surface area (Å²) in [6.45, 7) is 2.61. The summed E-state index contributed by atoms with van der Waals surface area (Å²) in [4.78, 5) is 12.0. The lowest BCUT2D eigenvalue weighted by Crippen LogP contribution is -2.60. The fourth-order valence-electron chi connectivity index (χ4n) is 2.65. The standard InChI is InChI=1S/C20H26O9/c1-3-11(2)19(26)29-18-16(24)15(10-21)28-20(17(18)25)27-8-4-5-12-6-7-13(22)14(23)9-12/h3-4,6-9,15-18,20-25H,5,10H2,1-2H3/b8-4-,11-3-/t15-,16-,17-,18+,20-/m1/s1. The van der Waals surface area contributed by atoms with Crippen LogP contribution in [0.2, 0.25) is 0 Å². The molecular formula is C20H26O9. The van der Waals surface area contributed by atoms with E-state index in [2.05, 4.69) is 0 Å². The molecule has 0 radical (unpaired) electrons. The van der Waals surface area contributed by atoms with E-state index in [4.69, 9.17) is 14.2 Å². The van der Waals surface area contributed by atoms with E-state index in [1.165, 1.54) is 31.4 Å². The molecule has 160 valence electrons. The van der Waals surface area contributed by atoms with Crippen molar-refractivity contribution in [3.8, 4) is 11.5 Å². The van der Waals surface area contributed by atoms with Gasteiger partial charge in [-0.05, 0) is 44.0 Å². The summed E-state index contributed by atoms with van der Waals surface area (Å²) in [5, 5.41) is 48.8. The number of phenolic OH excluding ortho intramolecular Hbond substituents is 2. The van der Waals surface area contributed by atoms with Crippen LogP contribution in [0.1, 0.15) is 19.4 Å². The molecule has 9 nitrogen and oxygen atoms in total. The monoisotopic (exact) mass is 410 g/mol. The molecule has 1 fully saturated rings. The van der Waals surface area contributed by atoms with Gasteiger partial charge in [0.05, 0.1) is 12.9 Å². The molecule has 0 unspecified atom stereocenters. The maximum Gasteiger partial charge on any atom is 0.333 e. The van der Waals surface area contributed by atoms with Crippen molar-refractivity contribution in [3.05, 3.63) is 47.7 Å². The number of rotatable bonds is 7. The quantitative estimate of drug-likeness (QED) is 0.188. The Balaban J connectivity index is 2.02. The predicted octanol–water partition coefficient (Wildman–Crippen LogP) is 0.488. The number of phenols is 2. The molecule has 29 heavy (non-hydrogen) atoms. The normalized spacial score (nSPS) is 27.8. The van der Waals surface area contributed by atoms with E-state index in [0.717, 1.165) is 0 Å². The van der Waals surface area contributed by atoms with Crippen LogP contribution in [0.5, 0.6) is 11.5 Å². The van der Waals surface area contributed by atoms with E-state index < -0.39 is 43.3 Å². The van der Waals surface area contributed by atoms with Crippen LogP contribution in [0.25, 0.3) is 0 Å². The van der Waals surface area contributed by atoms with Crippen molar-refractivity contribution in [1.29, 1.82) is 0 Å². The Kier molecular flexibility index (Phi) is 8.03. The molecule has 5 N–H and O–H groups in total. The van der Waals surface area contributed by atoms with Gasteiger partial charge in [0.2, 0.25) is 6.29 Å². The number of aliphatic hydroxyl groups is 3. The summed E-state index contributed by atoms with van der Waals surface area (Å²) in [7, 11) is 0. The van der Waals surface area contributed by atoms with Crippen LogP contribution in [-0.4, -0.2) is 68.8 Å². The van der Waals surface area contributed by atoms with E-state index in [0.29, 0.717) is 17.6 Å². The number of aliphatic hydroxyl groups excluding tert-OH is 3. The molecule has 1 aliphatic rings. The molecule has 0 aliphatic carbocycles. The molecule has 0 saturated carbocycles. The van der Waals surface area contributed by atoms with Gasteiger partial charge in [0.1, 0.15) is 12.2 Å². The highest BCUT2D eigenvalue weighted by Gasteiger charge is 2.47. The van der Waals surface area contributed by atoms with Crippen molar-refractivity contribution in [2.45, 2.75) is 51.0 Å². The first-order valence-corrected chi connectivity index (χ1v) is 9.06. The molecule has 0 amide bonds. The number of benzene rings is 1. The van der Waals surface area contributed by atoms with Gasteiger partial charge in [0, 0.05) is 5.57 Å². The maximum atomic E-state index is 12.0. The Labute approximate surface area is 168 Å². The molecule has 0 aromatic heterocycles. The topological polar surface area (TPSA) is 146 Å². The largest absolute Gasteiger partial charge is 0.504 e. The van der Waals surface area contributed by atoms with Crippen LogP contribution in [0.15, 0.2) is 42.2 Å². The van der Waals surface area contributed by atoms with Crippen LogP contribution in [-0.2, 0) is 25.4 Å². The van der Waals surface area contributed by atoms with Gasteiger partial charge in [-0.2, -0.15) is 0 Å². The van der Waals surface area contributed by atoms with Crippen LogP contribution in [0.3, 0.4) is 0 Å². The van der Waals surface area contributed by atoms with Gasteiger partial charge in [0.25, 0.3) is 0 Å². The zero-order chi connectivity index (χ0) is 21.6. The predicted molar refractivity (Wildman–Crippen MR) is 101 cm³/mol. The second kappa shape index (κ2) is 10.3. The van der Waals surface area contributed by atoms with E-state index in [1.807, 2.05) is 0 Å². The average molecular weight is 410 g/mol. The number of carbonyl (C=O) groups excluding carboxylic acids is 1. The Morgan fingerprint density at radius 2 is 1.93 bits per heavy atom. The summed E-state index contributed by atoms with van der Waals surface area (Å²) >= 11 is 0. The number of esters is 1. The lowest BCUT2D eigenvalue weighted by Gasteiger charge is -2.40. The summed E-state index contributed by atoms with van der Waals surface area (Å²) in [5.74, 6) is -1.19. The van der Waals surface area contributed by atoms with Crippen LogP contribution in [0.4, 0.5) is 0 Å². The number of allylic oxidation sites excluding steroid dienone is 2. The second-order valence-corrected chi connectivity index (χ2v) is 6.58. The molecule has 1 saturated heterocycles. The fraction of sp³-hybridized carbons (Fsp3) is 0.450. The molecule has 0 spiro atoms. The molecule has 1 heterocycles. The van der Waals surface area contributed by atoms with E-state index in [9.17, 15) is 30.3 Å². The van der Waals surface area contributed by atoms with Gasteiger partial charge in [0.15, 0.2) is 23.7 Å². The van der Waals surface area contributed by atoms with E-state index >= 15 is 0 Å². The first-order valence-electron chi connectivity index (χ1n) is 9.06.